The average Bonchev–Trinajstić information content (AvgIpc) is 1.69. The van der Waals surface area contributed by atoms with Gasteiger partial charge in [0, 0.05) is 13.2 Å². The van der Waals surface area contributed by atoms with Gasteiger partial charge in [0.05, 0.1) is 0 Å². The number of ether oxygens (including phenoxy) is 1. The highest BCUT2D eigenvalue weighted by Crippen LogP contribution is 1.81. The van der Waals surface area contributed by atoms with Crippen molar-refractivity contribution in [2.24, 2.45) is 0 Å². The molecule has 0 radical (unpaired) electrons. The SMILES string of the molecule is C.C.C.C.C.CCCOCCC. The summed E-state index contributed by atoms with van der Waals surface area (Å²) in [5, 5.41) is 0. The zero-order chi connectivity index (χ0) is 5.54. The Morgan fingerprint density at radius 1 is 0.667 bits per heavy atom. The monoisotopic (exact) mass is 182 g/mol. The molecule has 0 aromatic carbocycles. The Labute approximate surface area is 82.5 Å². The van der Waals surface area contributed by atoms with Gasteiger partial charge >= 0.3 is 0 Å². The molecule has 0 saturated heterocycles. The Bertz CT molecular complexity index is 24.2. The zero-order valence-electron chi connectivity index (χ0n) is 5.24. The van der Waals surface area contributed by atoms with Crippen molar-refractivity contribution in [3.63, 3.8) is 0 Å². The van der Waals surface area contributed by atoms with E-state index in [2.05, 4.69) is 13.8 Å². The second kappa shape index (κ2) is 44.2. The van der Waals surface area contributed by atoms with Crippen LogP contribution < -0.4 is 0 Å². The summed E-state index contributed by atoms with van der Waals surface area (Å²) in [6.45, 7) is 6.09. The molecule has 12 heavy (non-hydrogen) atoms. The summed E-state index contributed by atoms with van der Waals surface area (Å²) in [5.41, 5.74) is 0. The van der Waals surface area contributed by atoms with Gasteiger partial charge in [0.25, 0.3) is 0 Å². The predicted octanol–water partition coefficient (Wildman–Crippen LogP) is 5.00. The molecule has 0 heterocycles. The van der Waals surface area contributed by atoms with E-state index in [-0.39, 0.29) is 37.1 Å². The van der Waals surface area contributed by atoms with Crippen LogP contribution in [0, 0.1) is 0 Å². The molecule has 0 saturated carbocycles. The van der Waals surface area contributed by atoms with E-state index in [1.807, 2.05) is 0 Å². The van der Waals surface area contributed by atoms with E-state index in [1.54, 1.807) is 0 Å². The van der Waals surface area contributed by atoms with Crippen LogP contribution in [0.2, 0.25) is 0 Å². The molecular formula is C11H34O. The van der Waals surface area contributed by atoms with Crippen LogP contribution in [-0.4, -0.2) is 13.2 Å². The van der Waals surface area contributed by atoms with Crippen LogP contribution in [0.4, 0.5) is 0 Å². The smallest absolute Gasteiger partial charge is 0.0463 e. The molecule has 1 nitrogen and oxygen atoms in total. The third-order valence-electron chi connectivity index (χ3n) is 0.697. The molecule has 0 amide bonds. The zero-order valence-corrected chi connectivity index (χ0v) is 5.24. The Balaban J connectivity index is -0.0000000180. The molecule has 84 valence electrons. The van der Waals surface area contributed by atoms with E-state index in [0.717, 1.165) is 26.1 Å². The van der Waals surface area contributed by atoms with E-state index in [0.29, 0.717) is 0 Å². The summed E-state index contributed by atoms with van der Waals surface area (Å²) in [6, 6.07) is 0. The van der Waals surface area contributed by atoms with Gasteiger partial charge in [0.2, 0.25) is 0 Å². The van der Waals surface area contributed by atoms with Gasteiger partial charge in [-0.2, -0.15) is 0 Å². The molecule has 1 heteroatoms. The largest absolute Gasteiger partial charge is 0.381 e. The number of rotatable bonds is 4. The van der Waals surface area contributed by atoms with Gasteiger partial charge in [-0.3, -0.25) is 0 Å². The van der Waals surface area contributed by atoms with Crippen molar-refractivity contribution >= 4 is 0 Å². The fraction of sp³-hybridized carbons (Fsp3) is 1.00. The van der Waals surface area contributed by atoms with Crippen LogP contribution in [-0.2, 0) is 4.74 Å². The minimum atomic E-state index is 0. The molecule has 0 N–H and O–H groups in total. The first-order valence-corrected chi connectivity index (χ1v) is 2.99. The molecule has 0 aromatic rings. The van der Waals surface area contributed by atoms with Crippen molar-refractivity contribution in [2.45, 2.75) is 63.8 Å². The van der Waals surface area contributed by atoms with Gasteiger partial charge in [-0.05, 0) is 12.8 Å². The van der Waals surface area contributed by atoms with Crippen LogP contribution in [0.3, 0.4) is 0 Å². The normalized spacial score (nSPS) is 5.50. The maximum absolute atomic E-state index is 5.13. The summed E-state index contributed by atoms with van der Waals surface area (Å²) in [7, 11) is 0. The molecule has 0 spiro atoms. The summed E-state index contributed by atoms with van der Waals surface area (Å²) in [4.78, 5) is 0. The lowest BCUT2D eigenvalue weighted by Gasteiger charge is -1.95. The molecule has 0 aliphatic heterocycles. The quantitative estimate of drug-likeness (QED) is 0.556. The van der Waals surface area contributed by atoms with E-state index in [1.165, 1.54) is 0 Å². The molecule has 0 aliphatic carbocycles. The first kappa shape index (κ1) is 40.4. The highest BCUT2D eigenvalue weighted by Gasteiger charge is 1.77. The molecule has 0 aromatic heterocycles. The summed E-state index contributed by atoms with van der Waals surface area (Å²) in [6.07, 6.45) is 2.28. The minimum Gasteiger partial charge on any atom is -0.381 e. The van der Waals surface area contributed by atoms with Gasteiger partial charge in [-0.25, -0.2) is 0 Å². The second-order valence-corrected chi connectivity index (χ2v) is 1.61. The second-order valence-electron chi connectivity index (χ2n) is 1.61. The molecule has 0 rings (SSSR count). The van der Waals surface area contributed by atoms with Crippen molar-refractivity contribution in [2.75, 3.05) is 13.2 Å². The number of hydrogen-bond donors (Lipinski definition) is 0. The Morgan fingerprint density at radius 2 is 0.917 bits per heavy atom. The van der Waals surface area contributed by atoms with E-state index < -0.39 is 0 Å². The summed E-state index contributed by atoms with van der Waals surface area (Å²) < 4.78 is 5.13. The molecule has 0 fully saturated rings. The topological polar surface area (TPSA) is 9.23 Å². The Morgan fingerprint density at radius 3 is 1.08 bits per heavy atom. The highest BCUT2D eigenvalue weighted by atomic mass is 16.5. The first-order chi connectivity index (χ1) is 3.41. The van der Waals surface area contributed by atoms with Crippen molar-refractivity contribution in [1.29, 1.82) is 0 Å². The van der Waals surface area contributed by atoms with E-state index >= 15 is 0 Å². The minimum absolute atomic E-state index is 0. The first-order valence-electron chi connectivity index (χ1n) is 2.99. The molecule has 0 unspecified atom stereocenters. The third kappa shape index (κ3) is 51.0. The number of hydrogen-bond acceptors (Lipinski definition) is 1. The fourth-order valence-corrected chi connectivity index (χ4v) is 0.391. The van der Waals surface area contributed by atoms with Crippen molar-refractivity contribution in [3.05, 3.63) is 0 Å². The van der Waals surface area contributed by atoms with Crippen LogP contribution in [0.15, 0.2) is 0 Å². The van der Waals surface area contributed by atoms with Crippen LogP contribution in [0.5, 0.6) is 0 Å². The lowest BCUT2D eigenvalue weighted by Crippen LogP contribution is -1.92. The lowest BCUT2D eigenvalue weighted by atomic mass is 10.5. The van der Waals surface area contributed by atoms with Gasteiger partial charge in [-0.1, -0.05) is 51.0 Å². The summed E-state index contributed by atoms with van der Waals surface area (Å²) in [5.74, 6) is 0. The van der Waals surface area contributed by atoms with Gasteiger partial charge in [-0.15, -0.1) is 0 Å². The maximum atomic E-state index is 5.13. The fourth-order valence-electron chi connectivity index (χ4n) is 0.391. The van der Waals surface area contributed by atoms with Crippen molar-refractivity contribution in [1.82, 2.24) is 0 Å². The Hall–Kier alpha value is -0.0400. The third-order valence-corrected chi connectivity index (χ3v) is 0.697. The van der Waals surface area contributed by atoms with E-state index in [9.17, 15) is 0 Å². The van der Waals surface area contributed by atoms with Crippen LogP contribution in [0.25, 0.3) is 0 Å². The lowest BCUT2D eigenvalue weighted by molar-refractivity contribution is 0.135. The molecular weight excluding hydrogens is 148 g/mol. The van der Waals surface area contributed by atoms with Crippen molar-refractivity contribution < 1.29 is 4.74 Å². The summed E-state index contributed by atoms with van der Waals surface area (Å²) >= 11 is 0. The predicted molar refractivity (Wildman–Crippen MR) is 65.1 cm³/mol. The highest BCUT2D eigenvalue weighted by molar-refractivity contribution is 4.25. The molecule has 0 aliphatic rings. The van der Waals surface area contributed by atoms with E-state index in [4.69, 9.17) is 4.74 Å². The van der Waals surface area contributed by atoms with Gasteiger partial charge < -0.3 is 4.74 Å². The van der Waals surface area contributed by atoms with Gasteiger partial charge in [0.15, 0.2) is 0 Å². The molecule has 0 bridgehead atoms. The van der Waals surface area contributed by atoms with Crippen molar-refractivity contribution in [3.8, 4) is 0 Å². The average molecular weight is 182 g/mol. The van der Waals surface area contributed by atoms with Crippen LogP contribution in [0.1, 0.15) is 63.8 Å². The Kier molecular flexibility index (Phi) is 149. The van der Waals surface area contributed by atoms with Crippen LogP contribution >= 0.6 is 0 Å². The molecule has 0 atom stereocenters. The van der Waals surface area contributed by atoms with Gasteiger partial charge in [0.1, 0.15) is 0 Å². The standard InChI is InChI=1S/C6H14O.5CH4/c1-3-5-7-6-4-2;;;;;/h3-6H2,1-2H3;5*1H4. The maximum Gasteiger partial charge on any atom is 0.0463 e.